The van der Waals surface area contributed by atoms with Crippen LogP contribution in [0.15, 0.2) is 41.3 Å². The van der Waals surface area contributed by atoms with Crippen molar-refractivity contribution in [2.24, 2.45) is 0 Å². The first-order chi connectivity index (χ1) is 8.08. The molecule has 0 aliphatic heterocycles. The number of aromatic hydroxyl groups is 1. The summed E-state index contributed by atoms with van der Waals surface area (Å²) in [6.07, 6.45) is 1.50. The number of aryl methyl sites for hydroxylation is 1. The molecule has 86 valence electrons. The van der Waals surface area contributed by atoms with Gasteiger partial charge in [-0.05, 0) is 30.7 Å². The van der Waals surface area contributed by atoms with E-state index in [1.54, 1.807) is 13.0 Å². The second-order valence-electron chi connectivity index (χ2n) is 3.67. The molecule has 3 nitrogen and oxygen atoms in total. The summed E-state index contributed by atoms with van der Waals surface area (Å²) < 4.78 is 13.4. The van der Waals surface area contributed by atoms with Crippen molar-refractivity contribution in [3.63, 3.8) is 0 Å². The highest BCUT2D eigenvalue weighted by atomic mass is 19.1. The second kappa shape index (κ2) is 4.33. The summed E-state index contributed by atoms with van der Waals surface area (Å²) in [5.74, 6) is -0.790. The maximum absolute atomic E-state index is 13.4. The zero-order valence-corrected chi connectivity index (χ0v) is 9.14. The van der Waals surface area contributed by atoms with Crippen molar-refractivity contribution in [3.8, 4) is 16.9 Å². The van der Waals surface area contributed by atoms with Crippen LogP contribution in [0.5, 0.6) is 5.75 Å². The molecular formula is C13H10FNO2. The predicted octanol–water partition coefficient (Wildman–Crippen LogP) is 2.26. The molecule has 0 amide bonds. The summed E-state index contributed by atoms with van der Waals surface area (Å²) in [7, 11) is 0. The van der Waals surface area contributed by atoms with Crippen LogP contribution in [0, 0.1) is 12.7 Å². The molecule has 0 bridgehead atoms. The summed E-state index contributed by atoms with van der Waals surface area (Å²) in [4.78, 5) is 15.1. The Balaban J connectivity index is 2.61. The molecule has 4 heteroatoms. The minimum atomic E-state index is -0.475. The molecule has 2 aromatic rings. The minimum Gasteiger partial charge on any atom is -0.504 e. The van der Waals surface area contributed by atoms with E-state index in [0.29, 0.717) is 16.8 Å². The lowest BCUT2D eigenvalue weighted by molar-refractivity contribution is 0.471. The van der Waals surface area contributed by atoms with E-state index < -0.39 is 11.2 Å². The fourth-order valence-corrected chi connectivity index (χ4v) is 1.43. The van der Waals surface area contributed by atoms with Gasteiger partial charge >= 0.3 is 0 Å². The van der Waals surface area contributed by atoms with Gasteiger partial charge < -0.3 is 5.11 Å². The SMILES string of the molecule is Cc1ncc(-c2cccc(=O)c(O)c2)cc1F. The molecule has 0 aliphatic carbocycles. The molecule has 0 spiro atoms. The van der Waals surface area contributed by atoms with Gasteiger partial charge in [-0.2, -0.15) is 0 Å². The molecule has 17 heavy (non-hydrogen) atoms. The third-order valence-electron chi connectivity index (χ3n) is 2.43. The molecular weight excluding hydrogens is 221 g/mol. The van der Waals surface area contributed by atoms with Crippen molar-refractivity contribution in [2.45, 2.75) is 6.92 Å². The highest BCUT2D eigenvalue weighted by Crippen LogP contribution is 2.21. The largest absolute Gasteiger partial charge is 0.504 e. The summed E-state index contributed by atoms with van der Waals surface area (Å²) in [6, 6.07) is 6.99. The number of nitrogens with zero attached hydrogens (tertiary/aromatic N) is 1. The average Bonchev–Trinajstić information content (AvgIpc) is 2.46. The van der Waals surface area contributed by atoms with Crippen molar-refractivity contribution < 1.29 is 9.50 Å². The standard InChI is InChI=1S/C13H10FNO2/c1-8-11(14)5-10(7-15-8)9-3-2-4-12(16)13(17)6-9/h2-7H,1H3,(H,16,17). The monoisotopic (exact) mass is 231 g/mol. The van der Waals surface area contributed by atoms with Crippen LogP contribution in [0.2, 0.25) is 0 Å². The lowest BCUT2D eigenvalue weighted by atomic mass is 10.1. The predicted molar refractivity (Wildman–Crippen MR) is 62.3 cm³/mol. The van der Waals surface area contributed by atoms with Gasteiger partial charge in [0.25, 0.3) is 0 Å². The van der Waals surface area contributed by atoms with E-state index in [0.717, 1.165) is 0 Å². The van der Waals surface area contributed by atoms with Crippen LogP contribution in [0.1, 0.15) is 5.69 Å². The highest BCUT2D eigenvalue weighted by molar-refractivity contribution is 5.63. The smallest absolute Gasteiger partial charge is 0.220 e. The lowest BCUT2D eigenvalue weighted by Crippen LogP contribution is -1.91. The summed E-state index contributed by atoms with van der Waals surface area (Å²) >= 11 is 0. The van der Waals surface area contributed by atoms with Crippen LogP contribution >= 0.6 is 0 Å². The van der Waals surface area contributed by atoms with E-state index >= 15 is 0 Å². The minimum absolute atomic E-state index is 0.308. The molecule has 0 unspecified atom stereocenters. The number of aromatic nitrogens is 1. The van der Waals surface area contributed by atoms with Crippen LogP contribution in [0.4, 0.5) is 4.39 Å². The van der Waals surface area contributed by atoms with Gasteiger partial charge in [-0.25, -0.2) is 4.39 Å². The normalized spacial score (nSPS) is 10.2. The Morgan fingerprint density at radius 1 is 1.24 bits per heavy atom. The Labute approximate surface area is 97.2 Å². The summed E-state index contributed by atoms with van der Waals surface area (Å²) in [5.41, 5.74) is 0.884. The van der Waals surface area contributed by atoms with Gasteiger partial charge in [0, 0.05) is 11.8 Å². The molecule has 0 atom stereocenters. The first-order valence-electron chi connectivity index (χ1n) is 5.04. The topological polar surface area (TPSA) is 50.2 Å². The molecule has 0 fully saturated rings. The number of rotatable bonds is 1. The third kappa shape index (κ3) is 2.30. The van der Waals surface area contributed by atoms with Gasteiger partial charge in [0.15, 0.2) is 5.75 Å². The number of halogens is 1. The molecule has 0 saturated heterocycles. The number of pyridine rings is 1. The quantitative estimate of drug-likeness (QED) is 0.819. The molecule has 1 heterocycles. The van der Waals surface area contributed by atoms with E-state index in [1.165, 1.54) is 30.5 Å². The molecule has 0 saturated carbocycles. The second-order valence-corrected chi connectivity index (χ2v) is 3.67. The molecule has 1 aromatic carbocycles. The highest BCUT2D eigenvalue weighted by Gasteiger charge is 2.04. The third-order valence-corrected chi connectivity index (χ3v) is 2.43. The van der Waals surface area contributed by atoms with Gasteiger partial charge in [0.1, 0.15) is 5.82 Å². The van der Waals surface area contributed by atoms with Crippen LogP contribution in [0.25, 0.3) is 11.1 Å². The Bertz CT molecular complexity index is 626. The van der Waals surface area contributed by atoms with Crippen LogP contribution in [0.3, 0.4) is 0 Å². The van der Waals surface area contributed by atoms with Crippen LogP contribution < -0.4 is 5.43 Å². The number of hydrogen-bond acceptors (Lipinski definition) is 3. The van der Waals surface area contributed by atoms with Crippen molar-refractivity contribution in [2.75, 3.05) is 0 Å². The zero-order valence-electron chi connectivity index (χ0n) is 9.14. The number of hydrogen-bond donors (Lipinski definition) is 1. The van der Waals surface area contributed by atoms with E-state index in [9.17, 15) is 14.3 Å². The Kier molecular flexibility index (Phi) is 2.87. The summed E-state index contributed by atoms with van der Waals surface area (Å²) in [5, 5.41) is 9.42. The molecule has 1 N–H and O–H groups in total. The Morgan fingerprint density at radius 2 is 2.00 bits per heavy atom. The molecule has 0 aliphatic rings. The molecule has 2 rings (SSSR count). The first kappa shape index (κ1) is 11.3. The van der Waals surface area contributed by atoms with Crippen molar-refractivity contribution in [1.82, 2.24) is 4.98 Å². The van der Waals surface area contributed by atoms with Crippen molar-refractivity contribution >= 4 is 0 Å². The van der Waals surface area contributed by atoms with E-state index in [-0.39, 0.29) is 5.75 Å². The lowest BCUT2D eigenvalue weighted by Gasteiger charge is -2.00. The molecule has 0 radical (unpaired) electrons. The van der Waals surface area contributed by atoms with Crippen molar-refractivity contribution in [3.05, 3.63) is 58.3 Å². The van der Waals surface area contributed by atoms with Crippen LogP contribution in [-0.4, -0.2) is 10.1 Å². The Morgan fingerprint density at radius 3 is 2.71 bits per heavy atom. The maximum atomic E-state index is 13.4. The van der Waals surface area contributed by atoms with Crippen molar-refractivity contribution in [1.29, 1.82) is 0 Å². The van der Waals surface area contributed by atoms with Gasteiger partial charge in [0.05, 0.1) is 5.69 Å². The first-order valence-corrected chi connectivity index (χ1v) is 5.04. The van der Waals surface area contributed by atoms with Gasteiger partial charge in [-0.1, -0.05) is 12.1 Å². The van der Waals surface area contributed by atoms with Gasteiger partial charge in [-0.15, -0.1) is 0 Å². The fourth-order valence-electron chi connectivity index (χ4n) is 1.43. The average molecular weight is 231 g/mol. The summed E-state index contributed by atoms with van der Waals surface area (Å²) in [6.45, 7) is 1.57. The molecule has 1 aromatic heterocycles. The van der Waals surface area contributed by atoms with Crippen LogP contribution in [-0.2, 0) is 0 Å². The zero-order chi connectivity index (χ0) is 12.4. The van der Waals surface area contributed by atoms with Gasteiger partial charge in [0.2, 0.25) is 5.43 Å². The maximum Gasteiger partial charge on any atom is 0.220 e. The van der Waals surface area contributed by atoms with E-state index in [2.05, 4.69) is 4.98 Å². The Hall–Kier alpha value is -2.23. The van der Waals surface area contributed by atoms with Gasteiger partial charge in [-0.3, -0.25) is 9.78 Å². The fraction of sp³-hybridized carbons (Fsp3) is 0.0769. The van der Waals surface area contributed by atoms with E-state index in [4.69, 9.17) is 0 Å². The van der Waals surface area contributed by atoms with E-state index in [1.807, 2.05) is 0 Å².